The van der Waals surface area contributed by atoms with Crippen LogP contribution in [0.1, 0.15) is 47.5 Å². The maximum absolute atomic E-state index is 12.9. The fraction of sp³-hybridized carbons (Fsp3) is 0.476. The van der Waals surface area contributed by atoms with E-state index in [9.17, 15) is 4.79 Å². The number of nitrogens with one attached hydrogen (secondary N) is 1. The smallest absolute Gasteiger partial charge is 0.321 e. The van der Waals surface area contributed by atoms with Crippen LogP contribution in [0.15, 0.2) is 24.4 Å². The molecule has 136 valence electrons. The van der Waals surface area contributed by atoms with Gasteiger partial charge in [-0.1, -0.05) is 17.7 Å². The molecule has 26 heavy (non-hydrogen) atoms. The lowest BCUT2D eigenvalue weighted by Gasteiger charge is -2.40. The lowest BCUT2D eigenvalue weighted by Crippen LogP contribution is -2.49. The number of piperidine rings is 1. The van der Waals surface area contributed by atoms with E-state index in [1.807, 2.05) is 37.1 Å². The number of fused-ring (bicyclic) bond motifs is 2. The third-order valence-corrected chi connectivity index (χ3v) is 5.85. The van der Waals surface area contributed by atoms with E-state index < -0.39 is 0 Å². The van der Waals surface area contributed by atoms with Crippen LogP contribution in [-0.4, -0.2) is 34.0 Å². The molecule has 1 atom stereocenters. The molecule has 1 aromatic heterocycles. The van der Waals surface area contributed by atoms with Crippen molar-refractivity contribution in [2.45, 2.75) is 51.9 Å². The summed E-state index contributed by atoms with van der Waals surface area (Å²) in [5.41, 5.74) is 5.63. The van der Waals surface area contributed by atoms with Gasteiger partial charge in [0.1, 0.15) is 5.82 Å². The van der Waals surface area contributed by atoms with Gasteiger partial charge in [0.25, 0.3) is 0 Å². The first-order chi connectivity index (χ1) is 12.5. The van der Waals surface area contributed by atoms with Gasteiger partial charge >= 0.3 is 6.03 Å². The molecule has 1 saturated heterocycles. The molecule has 0 radical (unpaired) electrons. The monoisotopic (exact) mass is 350 g/mol. The first-order valence-electron chi connectivity index (χ1n) is 9.43. The highest BCUT2D eigenvalue weighted by atomic mass is 16.2. The van der Waals surface area contributed by atoms with E-state index in [1.54, 1.807) is 0 Å². The summed E-state index contributed by atoms with van der Waals surface area (Å²) in [6.45, 7) is 7.59. The molecule has 1 aromatic carbocycles. The van der Waals surface area contributed by atoms with Crippen LogP contribution in [0.4, 0.5) is 10.5 Å². The predicted octanol–water partition coefficient (Wildman–Crippen LogP) is 3.91. The molecule has 1 spiro atoms. The van der Waals surface area contributed by atoms with Crippen molar-refractivity contribution in [1.29, 1.82) is 0 Å². The molecule has 5 nitrogen and oxygen atoms in total. The molecule has 5 heteroatoms. The van der Waals surface area contributed by atoms with Crippen LogP contribution in [0.2, 0.25) is 0 Å². The summed E-state index contributed by atoms with van der Waals surface area (Å²) in [5, 5.41) is 3.10. The Morgan fingerprint density at radius 2 is 2.08 bits per heavy atom. The first kappa shape index (κ1) is 17.0. The third kappa shape index (κ3) is 2.96. The van der Waals surface area contributed by atoms with Crippen LogP contribution in [0.5, 0.6) is 0 Å². The number of rotatable bonds is 1. The maximum atomic E-state index is 12.9. The standard InChI is InChI=1S/C21H26N4O/c1-14-5-6-18(15(2)11-14)24-20(26)25-10-4-8-21(13-25)9-7-17-12-22-16(3)23-19(17)21/h5-6,11-12H,4,7-10,13H2,1-3H3,(H,24,26). The van der Waals surface area contributed by atoms with Gasteiger partial charge in [-0.25, -0.2) is 14.8 Å². The number of likely N-dealkylation sites (tertiary alicyclic amines) is 1. The number of amides is 2. The minimum atomic E-state index is -0.00439. The number of urea groups is 1. The van der Waals surface area contributed by atoms with Crippen molar-refractivity contribution in [2.75, 3.05) is 18.4 Å². The topological polar surface area (TPSA) is 58.1 Å². The average Bonchev–Trinajstić information content (AvgIpc) is 2.95. The Hall–Kier alpha value is -2.43. The number of aromatic nitrogens is 2. The Bertz CT molecular complexity index is 859. The second-order valence-electron chi connectivity index (χ2n) is 7.85. The Labute approximate surface area is 154 Å². The minimum absolute atomic E-state index is 0.000936. The number of benzene rings is 1. The fourth-order valence-electron chi connectivity index (χ4n) is 4.48. The Morgan fingerprint density at radius 1 is 1.23 bits per heavy atom. The second-order valence-corrected chi connectivity index (χ2v) is 7.85. The van der Waals surface area contributed by atoms with Crippen LogP contribution in [0.3, 0.4) is 0 Å². The molecule has 4 rings (SSSR count). The SMILES string of the molecule is Cc1ccc(NC(=O)N2CCCC3(CCc4cnc(C)nc43)C2)c(C)c1. The Morgan fingerprint density at radius 3 is 2.88 bits per heavy atom. The molecule has 2 amide bonds. The molecule has 2 aliphatic rings. The van der Waals surface area contributed by atoms with E-state index in [0.717, 1.165) is 55.8 Å². The third-order valence-electron chi connectivity index (χ3n) is 5.85. The van der Waals surface area contributed by atoms with E-state index in [2.05, 4.69) is 23.3 Å². The van der Waals surface area contributed by atoms with E-state index in [4.69, 9.17) is 4.98 Å². The zero-order valence-electron chi connectivity index (χ0n) is 15.8. The highest BCUT2D eigenvalue weighted by Crippen LogP contribution is 2.43. The first-order valence-corrected chi connectivity index (χ1v) is 9.43. The van der Waals surface area contributed by atoms with Gasteiger partial charge in [-0.2, -0.15) is 0 Å². The number of nitrogens with zero attached hydrogens (tertiary/aromatic N) is 3. The molecule has 1 fully saturated rings. The number of hydrogen-bond donors (Lipinski definition) is 1. The predicted molar refractivity (Wildman–Crippen MR) is 103 cm³/mol. The van der Waals surface area contributed by atoms with Crippen molar-refractivity contribution in [3.05, 3.63) is 52.6 Å². The van der Waals surface area contributed by atoms with Crippen molar-refractivity contribution in [3.63, 3.8) is 0 Å². The van der Waals surface area contributed by atoms with Gasteiger partial charge in [0.2, 0.25) is 0 Å². The molecule has 1 aliphatic heterocycles. The van der Waals surface area contributed by atoms with Gasteiger partial charge in [0.05, 0.1) is 5.69 Å². The van der Waals surface area contributed by atoms with Gasteiger partial charge in [-0.05, 0) is 63.6 Å². The number of hydrogen-bond acceptors (Lipinski definition) is 3. The van der Waals surface area contributed by atoms with Crippen LogP contribution in [-0.2, 0) is 11.8 Å². The average molecular weight is 350 g/mol. The second kappa shape index (κ2) is 6.38. The van der Waals surface area contributed by atoms with Gasteiger partial charge in [0.15, 0.2) is 0 Å². The lowest BCUT2D eigenvalue weighted by atomic mass is 9.77. The van der Waals surface area contributed by atoms with E-state index >= 15 is 0 Å². The van der Waals surface area contributed by atoms with E-state index in [-0.39, 0.29) is 11.4 Å². The van der Waals surface area contributed by atoms with E-state index in [0.29, 0.717) is 0 Å². The van der Waals surface area contributed by atoms with Gasteiger partial charge in [-0.15, -0.1) is 0 Å². The Kier molecular flexibility index (Phi) is 4.17. The van der Waals surface area contributed by atoms with Crippen molar-refractivity contribution in [1.82, 2.24) is 14.9 Å². The van der Waals surface area contributed by atoms with Crippen molar-refractivity contribution in [3.8, 4) is 0 Å². The zero-order chi connectivity index (χ0) is 18.3. The van der Waals surface area contributed by atoms with Gasteiger partial charge < -0.3 is 10.2 Å². The normalized spacial score (nSPS) is 21.7. The largest absolute Gasteiger partial charge is 0.324 e. The van der Waals surface area contributed by atoms with Crippen LogP contribution in [0.25, 0.3) is 0 Å². The molecule has 1 unspecified atom stereocenters. The summed E-state index contributed by atoms with van der Waals surface area (Å²) >= 11 is 0. The van der Waals surface area contributed by atoms with Crippen LogP contribution < -0.4 is 5.32 Å². The zero-order valence-corrected chi connectivity index (χ0v) is 15.8. The lowest BCUT2D eigenvalue weighted by molar-refractivity contribution is 0.157. The van der Waals surface area contributed by atoms with Gasteiger partial charge in [0, 0.05) is 30.4 Å². The summed E-state index contributed by atoms with van der Waals surface area (Å²) in [5.74, 6) is 0.821. The van der Waals surface area contributed by atoms with Crippen molar-refractivity contribution >= 4 is 11.7 Å². The van der Waals surface area contributed by atoms with E-state index in [1.165, 1.54) is 16.8 Å². The highest BCUT2D eigenvalue weighted by Gasteiger charge is 2.44. The molecular formula is C21H26N4O. The summed E-state index contributed by atoms with van der Waals surface area (Å²) in [6.07, 6.45) is 6.17. The molecule has 2 aromatic rings. The maximum Gasteiger partial charge on any atom is 0.321 e. The number of anilines is 1. The van der Waals surface area contributed by atoms with Gasteiger partial charge in [-0.3, -0.25) is 0 Å². The van der Waals surface area contributed by atoms with Crippen molar-refractivity contribution < 1.29 is 4.79 Å². The quantitative estimate of drug-likeness (QED) is 0.848. The molecular weight excluding hydrogens is 324 g/mol. The van der Waals surface area contributed by atoms with Crippen LogP contribution >= 0.6 is 0 Å². The number of aryl methyl sites for hydroxylation is 4. The molecule has 0 saturated carbocycles. The molecule has 0 bridgehead atoms. The number of carbonyl (C=O) groups is 1. The highest BCUT2D eigenvalue weighted by molar-refractivity contribution is 5.90. The summed E-state index contributed by atoms with van der Waals surface area (Å²) < 4.78 is 0. The molecule has 1 N–H and O–H groups in total. The Balaban J connectivity index is 1.54. The summed E-state index contributed by atoms with van der Waals surface area (Å²) in [6, 6.07) is 6.12. The molecule has 2 heterocycles. The summed E-state index contributed by atoms with van der Waals surface area (Å²) in [7, 11) is 0. The van der Waals surface area contributed by atoms with Crippen LogP contribution in [0, 0.1) is 20.8 Å². The fourth-order valence-corrected chi connectivity index (χ4v) is 4.48. The minimum Gasteiger partial charge on any atom is -0.324 e. The number of carbonyl (C=O) groups excluding carboxylic acids is 1. The summed E-state index contributed by atoms with van der Waals surface area (Å²) in [4.78, 5) is 24.0. The van der Waals surface area contributed by atoms with Crippen molar-refractivity contribution in [2.24, 2.45) is 0 Å². The molecule has 1 aliphatic carbocycles.